The van der Waals surface area contributed by atoms with E-state index in [1.165, 1.54) is 4.90 Å². The fourth-order valence-electron chi connectivity index (χ4n) is 4.39. The predicted octanol–water partition coefficient (Wildman–Crippen LogP) is 3.84. The number of likely N-dealkylation sites (tertiary alicyclic amines) is 1. The maximum absolute atomic E-state index is 13.3. The van der Waals surface area contributed by atoms with Gasteiger partial charge in [0.25, 0.3) is 0 Å². The molecule has 3 atom stereocenters. The largest absolute Gasteiger partial charge is 0.337 e. The summed E-state index contributed by atoms with van der Waals surface area (Å²) >= 11 is 5.27. The van der Waals surface area contributed by atoms with E-state index in [0.29, 0.717) is 29.7 Å². The number of imidazole rings is 1. The standard InChI is InChI=1S/C23H26N4O3S/c1-14(2)12-19(27-21(29)17-8-3-4-9-18(17)22(27)30)20(28)25-15-6-5-7-16(13-15)26-11-10-24-23(26)31/h3-7,10-11,13-14,17-19H,8-9,12H2,1-2H3,(H,24,31)(H,25,28). The Balaban J connectivity index is 1.59. The van der Waals surface area contributed by atoms with Crippen LogP contribution < -0.4 is 5.32 Å². The van der Waals surface area contributed by atoms with Crippen LogP contribution in [0.15, 0.2) is 48.8 Å². The molecule has 0 bridgehead atoms. The molecule has 1 fully saturated rings. The lowest BCUT2D eigenvalue weighted by molar-refractivity contribution is -0.147. The van der Waals surface area contributed by atoms with Crippen molar-refractivity contribution in [3.63, 3.8) is 0 Å². The number of aromatic nitrogens is 2. The maximum Gasteiger partial charge on any atom is 0.247 e. The number of nitrogens with one attached hydrogen (secondary N) is 2. The molecular weight excluding hydrogens is 412 g/mol. The molecule has 2 aliphatic rings. The molecule has 2 N–H and O–H groups in total. The second kappa shape index (κ2) is 8.63. The fourth-order valence-corrected chi connectivity index (χ4v) is 4.63. The number of rotatable bonds is 6. The number of nitrogens with zero attached hydrogens (tertiary/aromatic N) is 2. The van der Waals surface area contributed by atoms with Gasteiger partial charge in [-0.2, -0.15) is 0 Å². The minimum atomic E-state index is -0.830. The van der Waals surface area contributed by atoms with Crippen LogP contribution in [0.5, 0.6) is 0 Å². The van der Waals surface area contributed by atoms with Crippen molar-refractivity contribution in [2.24, 2.45) is 17.8 Å². The van der Waals surface area contributed by atoms with Gasteiger partial charge in [-0.15, -0.1) is 0 Å². The molecule has 1 aliphatic heterocycles. The van der Waals surface area contributed by atoms with E-state index in [-0.39, 0.29) is 35.5 Å². The van der Waals surface area contributed by atoms with E-state index in [4.69, 9.17) is 12.2 Å². The van der Waals surface area contributed by atoms with Crippen LogP contribution in [0.2, 0.25) is 0 Å². The zero-order valence-electron chi connectivity index (χ0n) is 17.6. The van der Waals surface area contributed by atoms with E-state index in [2.05, 4.69) is 10.3 Å². The van der Waals surface area contributed by atoms with Gasteiger partial charge < -0.3 is 10.3 Å². The van der Waals surface area contributed by atoms with Crippen molar-refractivity contribution in [1.29, 1.82) is 0 Å². The molecule has 8 heteroatoms. The molecule has 31 heavy (non-hydrogen) atoms. The second-order valence-corrected chi connectivity index (χ2v) is 8.91. The van der Waals surface area contributed by atoms with E-state index >= 15 is 0 Å². The van der Waals surface area contributed by atoms with Crippen LogP contribution in [0.3, 0.4) is 0 Å². The van der Waals surface area contributed by atoms with Gasteiger partial charge in [0, 0.05) is 23.8 Å². The lowest BCUT2D eigenvalue weighted by Gasteiger charge is -2.27. The molecular formula is C23H26N4O3S. The summed E-state index contributed by atoms with van der Waals surface area (Å²) < 4.78 is 2.34. The highest BCUT2D eigenvalue weighted by molar-refractivity contribution is 7.71. The molecule has 1 aromatic heterocycles. The summed E-state index contributed by atoms with van der Waals surface area (Å²) in [5.74, 6) is -1.36. The van der Waals surface area contributed by atoms with Crippen LogP contribution in [-0.4, -0.2) is 38.2 Å². The van der Waals surface area contributed by atoms with Crippen LogP contribution in [-0.2, 0) is 14.4 Å². The van der Waals surface area contributed by atoms with Gasteiger partial charge in [0.05, 0.1) is 11.8 Å². The topological polar surface area (TPSA) is 87.2 Å². The number of carbonyl (C=O) groups excluding carboxylic acids is 3. The van der Waals surface area contributed by atoms with Crippen LogP contribution in [0, 0.1) is 22.5 Å². The summed E-state index contributed by atoms with van der Waals surface area (Å²) in [6, 6.07) is 6.47. The molecule has 2 heterocycles. The van der Waals surface area contributed by atoms with Crippen molar-refractivity contribution in [1.82, 2.24) is 14.5 Å². The summed E-state index contributed by atoms with van der Waals surface area (Å²) in [6.07, 6.45) is 8.98. The number of carbonyl (C=O) groups is 3. The Kier molecular flexibility index (Phi) is 5.91. The zero-order chi connectivity index (χ0) is 22.1. The number of allylic oxidation sites excluding steroid dienone is 2. The van der Waals surface area contributed by atoms with Crippen molar-refractivity contribution in [2.75, 3.05) is 5.32 Å². The Hall–Kier alpha value is -3.00. The first kappa shape index (κ1) is 21.2. The van der Waals surface area contributed by atoms with Gasteiger partial charge in [0.2, 0.25) is 17.7 Å². The molecule has 4 rings (SSSR count). The first-order chi connectivity index (χ1) is 14.9. The Morgan fingerprint density at radius 1 is 1.19 bits per heavy atom. The Morgan fingerprint density at radius 2 is 1.87 bits per heavy atom. The third-order valence-corrected chi connectivity index (χ3v) is 6.21. The number of aromatic amines is 1. The molecule has 1 aliphatic carbocycles. The van der Waals surface area contributed by atoms with Crippen LogP contribution >= 0.6 is 12.2 Å². The van der Waals surface area contributed by atoms with E-state index in [1.807, 2.05) is 50.4 Å². The minimum Gasteiger partial charge on any atom is -0.337 e. The molecule has 3 unspecified atom stereocenters. The van der Waals surface area contributed by atoms with Crippen molar-refractivity contribution < 1.29 is 14.4 Å². The molecule has 0 saturated carbocycles. The van der Waals surface area contributed by atoms with Gasteiger partial charge in [-0.25, -0.2) is 0 Å². The maximum atomic E-state index is 13.3. The van der Waals surface area contributed by atoms with Gasteiger partial charge in [-0.1, -0.05) is 32.1 Å². The minimum absolute atomic E-state index is 0.140. The van der Waals surface area contributed by atoms with Crippen molar-refractivity contribution in [3.8, 4) is 5.69 Å². The number of hydrogen-bond acceptors (Lipinski definition) is 4. The van der Waals surface area contributed by atoms with E-state index < -0.39 is 6.04 Å². The lowest BCUT2D eigenvalue weighted by Crippen LogP contribution is -2.48. The zero-order valence-corrected chi connectivity index (χ0v) is 18.4. The Bertz CT molecular complexity index is 1070. The summed E-state index contributed by atoms with van der Waals surface area (Å²) in [5, 5.41) is 2.91. The van der Waals surface area contributed by atoms with Crippen molar-refractivity contribution in [2.45, 2.75) is 39.2 Å². The molecule has 162 valence electrons. The molecule has 7 nitrogen and oxygen atoms in total. The monoisotopic (exact) mass is 438 g/mol. The van der Waals surface area contributed by atoms with Crippen LogP contribution in [0.4, 0.5) is 5.69 Å². The summed E-state index contributed by atoms with van der Waals surface area (Å²) in [6.45, 7) is 3.96. The van der Waals surface area contributed by atoms with Crippen LogP contribution in [0.1, 0.15) is 33.1 Å². The smallest absolute Gasteiger partial charge is 0.247 e. The quantitative estimate of drug-likeness (QED) is 0.408. The van der Waals surface area contributed by atoms with Gasteiger partial charge in [-0.05, 0) is 55.6 Å². The van der Waals surface area contributed by atoms with E-state index in [9.17, 15) is 14.4 Å². The van der Waals surface area contributed by atoms with Crippen molar-refractivity contribution in [3.05, 3.63) is 53.6 Å². The van der Waals surface area contributed by atoms with Gasteiger partial charge in [0.1, 0.15) is 6.04 Å². The number of anilines is 1. The predicted molar refractivity (Wildman–Crippen MR) is 120 cm³/mol. The number of imide groups is 1. The number of fused-ring (bicyclic) bond motifs is 1. The second-order valence-electron chi connectivity index (χ2n) is 8.52. The van der Waals surface area contributed by atoms with E-state index in [0.717, 1.165) is 5.69 Å². The number of hydrogen-bond donors (Lipinski definition) is 2. The first-order valence-corrected chi connectivity index (χ1v) is 11.0. The molecule has 1 aromatic carbocycles. The SMILES string of the molecule is CC(C)CC(C(=O)Nc1cccc(-n2cc[nH]c2=S)c1)N1C(=O)C2CC=CCC2C1=O. The summed E-state index contributed by atoms with van der Waals surface area (Å²) in [7, 11) is 0. The first-order valence-electron chi connectivity index (χ1n) is 10.6. The molecule has 1 saturated heterocycles. The molecule has 3 amide bonds. The fraction of sp³-hybridized carbons (Fsp3) is 0.391. The average molecular weight is 439 g/mol. The Labute approximate surface area is 186 Å². The third-order valence-electron chi connectivity index (χ3n) is 5.89. The number of amides is 3. The highest BCUT2D eigenvalue weighted by Gasteiger charge is 2.51. The van der Waals surface area contributed by atoms with Crippen molar-refractivity contribution >= 4 is 35.6 Å². The lowest BCUT2D eigenvalue weighted by atomic mass is 9.85. The van der Waals surface area contributed by atoms with Gasteiger partial charge >= 0.3 is 0 Å². The average Bonchev–Trinajstić information content (AvgIpc) is 3.28. The summed E-state index contributed by atoms with van der Waals surface area (Å²) in [4.78, 5) is 43.6. The van der Waals surface area contributed by atoms with Gasteiger partial charge in [-0.3, -0.25) is 23.9 Å². The van der Waals surface area contributed by atoms with Gasteiger partial charge in [0.15, 0.2) is 4.77 Å². The number of H-pyrrole nitrogens is 1. The molecule has 2 aromatic rings. The number of benzene rings is 1. The molecule has 0 spiro atoms. The summed E-state index contributed by atoms with van der Waals surface area (Å²) in [5.41, 5.74) is 1.38. The van der Waals surface area contributed by atoms with Crippen LogP contribution in [0.25, 0.3) is 5.69 Å². The van der Waals surface area contributed by atoms with E-state index in [1.54, 1.807) is 16.8 Å². The Morgan fingerprint density at radius 3 is 2.45 bits per heavy atom. The normalized spacial score (nSPS) is 21.5. The molecule has 0 radical (unpaired) electrons. The third kappa shape index (κ3) is 4.12. The highest BCUT2D eigenvalue weighted by atomic mass is 32.1. The highest BCUT2D eigenvalue weighted by Crippen LogP contribution is 2.37.